The van der Waals surface area contributed by atoms with Crippen LogP contribution in [0.5, 0.6) is 0 Å². The van der Waals surface area contributed by atoms with Gasteiger partial charge in [-0.25, -0.2) is 34.5 Å². The van der Waals surface area contributed by atoms with Crippen LogP contribution in [-0.4, -0.2) is 113 Å². The van der Waals surface area contributed by atoms with E-state index < -0.39 is 24.3 Å². The van der Waals surface area contributed by atoms with Crippen molar-refractivity contribution in [3.63, 3.8) is 0 Å². The third-order valence-electron chi connectivity index (χ3n) is 10.7. The Hall–Kier alpha value is -6.46. The van der Waals surface area contributed by atoms with E-state index in [2.05, 4.69) is 45.5 Å². The van der Waals surface area contributed by atoms with Gasteiger partial charge in [0.15, 0.2) is 5.82 Å². The van der Waals surface area contributed by atoms with Crippen molar-refractivity contribution in [3.05, 3.63) is 60.8 Å². The molecule has 4 aromatic heterocycles. The number of nitrogens with zero attached hydrogens (tertiary/aromatic N) is 8. The number of aromatic amines is 2. The number of aromatic nitrogens is 8. The summed E-state index contributed by atoms with van der Waals surface area (Å²) >= 11 is 0. The number of benzene rings is 1. The highest BCUT2D eigenvalue weighted by molar-refractivity contribution is 5.87. The second kappa shape index (κ2) is 17.0. The zero-order valence-electron chi connectivity index (χ0n) is 33.4. The summed E-state index contributed by atoms with van der Waals surface area (Å²) in [5.41, 5.74) is 4.90. The molecule has 4 amide bonds. The Kier molecular flexibility index (Phi) is 11.6. The SMILES string of the molecule is COC(=O)N[C@H](C(=O)N1CCCC1c1ncc(-c2cnc(-c3cnc4cc(-c5cnc(C6CCCN6C(=O)[C@@H](NC(=O)OC)C(C)C)[nH]5)ccc4n3)nc2)[nH]1)C(C)C. The first kappa shape index (κ1) is 39.8. The van der Waals surface area contributed by atoms with Gasteiger partial charge in [0.1, 0.15) is 29.4 Å². The number of hydrogen-bond donors (Lipinski definition) is 4. The predicted octanol–water partition coefficient (Wildman–Crippen LogP) is 4.96. The lowest BCUT2D eigenvalue weighted by atomic mass is 10.0. The average molecular weight is 793 g/mol. The van der Waals surface area contributed by atoms with Crippen LogP contribution >= 0.6 is 0 Å². The molecule has 2 unspecified atom stereocenters. The second-order valence-electron chi connectivity index (χ2n) is 15.2. The molecule has 7 rings (SSSR count). The molecule has 18 heteroatoms. The minimum Gasteiger partial charge on any atom is -0.453 e. The van der Waals surface area contributed by atoms with E-state index in [-0.39, 0.29) is 35.7 Å². The van der Waals surface area contributed by atoms with Crippen LogP contribution in [0, 0.1) is 11.8 Å². The molecule has 0 spiro atoms. The molecule has 2 aliphatic rings. The van der Waals surface area contributed by atoms with E-state index in [9.17, 15) is 19.2 Å². The number of methoxy groups -OCH3 is 2. The number of imidazole rings is 2. The summed E-state index contributed by atoms with van der Waals surface area (Å²) in [6.45, 7) is 8.66. The van der Waals surface area contributed by atoms with E-state index >= 15 is 0 Å². The van der Waals surface area contributed by atoms with Crippen molar-refractivity contribution >= 4 is 35.0 Å². The van der Waals surface area contributed by atoms with E-state index in [0.717, 1.165) is 36.9 Å². The van der Waals surface area contributed by atoms with Gasteiger partial charge in [-0.05, 0) is 49.7 Å². The van der Waals surface area contributed by atoms with Gasteiger partial charge in [0.2, 0.25) is 11.8 Å². The number of rotatable bonds is 11. The molecule has 2 fully saturated rings. The summed E-state index contributed by atoms with van der Waals surface area (Å²) in [6.07, 6.45) is 10.3. The van der Waals surface area contributed by atoms with Crippen molar-refractivity contribution in [2.75, 3.05) is 27.3 Å². The standard InChI is InChI=1S/C40H48N12O6/c1-21(2)32(49-39(55)57-5)37(53)51-13-7-9-30(51)35-44-18-27(47-35)23-11-12-25-26(15-23)41-20-29(46-25)34-42-16-24(17-43-34)28-19-45-36(48-28)31-10-8-14-52(31)38(54)33(22(3)4)50-40(56)58-6/h11-12,15-22,30-33H,7-10,13-14H2,1-6H3,(H,44,47)(H,45,48)(H,49,55)(H,50,56)/t30?,31?,32-,33-/m0/s1. The number of alkyl carbamates (subject to hydrolysis) is 2. The van der Waals surface area contributed by atoms with Crippen LogP contribution in [0.1, 0.15) is 77.1 Å². The van der Waals surface area contributed by atoms with E-state index in [4.69, 9.17) is 14.5 Å². The smallest absolute Gasteiger partial charge is 0.407 e. The predicted molar refractivity (Wildman–Crippen MR) is 211 cm³/mol. The average Bonchev–Trinajstić information content (AvgIpc) is 4.07. The third kappa shape index (κ3) is 8.17. The van der Waals surface area contributed by atoms with E-state index in [1.54, 1.807) is 40.8 Å². The number of H-pyrrole nitrogens is 2. The molecule has 5 aromatic rings. The molecule has 0 aliphatic carbocycles. The molecule has 0 radical (unpaired) electrons. The fourth-order valence-corrected chi connectivity index (χ4v) is 7.58. The Labute approximate surface area is 335 Å². The number of fused-ring (bicyclic) bond motifs is 1. The minimum absolute atomic E-state index is 0.126. The number of amides is 4. The highest BCUT2D eigenvalue weighted by atomic mass is 16.5. The monoisotopic (exact) mass is 792 g/mol. The maximum atomic E-state index is 13.6. The minimum atomic E-state index is -0.718. The summed E-state index contributed by atoms with van der Waals surface area (Å²) in [6, 6.07) is 3.79. The molecule has 2 aliphatic heterocycles. The van der Waals surface area contributed by atoms with Crippen molar-refractivity contribution in [2.45, 2.75) is 77.5 Å². The highest BCUT2D eigenvalue weighted by Gasteiger charge is 2.39. The van der Waals surface area contributed by atoms with Gasteiger partial charge in [0.05, 0.1) is 67.3 Å². The van der Waals surface area contributed by atoms with Gasteiger partial charge in [-0.1, -0.05) is 33.8 Å². The number of ether oxygens (including phenoxy) is 2. The van der Waals surface area contributed by atoms with Crippen LogP contribution in [0.3, 0.4) is 0 Å². The number of likely N-dealkylation sites (tertiary alicyclic amines) is 2. The molecule has 4 atom stereocenters. The molecule has 4 N–H and O–H groups in total. The van der Waals surface area contributed by atoms with Crippen molar-refractivity contribution in [2.24, 2.45) is 11.8 Å². The van der Waals surface area contributed by atoms with Gasteiger partial charge in [-0.15, -0.1) is 0 Å². The van der Waals surface area contributed by atoms with Crippen LogP contribution in [0.25, 0.3) is 45.1 Å². The molecular formula is C40H48N12O6. The molecule has 304 valence electrons. The lowest BCUT2D eigenvalue weighted by Crippen LogP contribution is -2.51. The summed E-state index contributed by atoms with van der Waals surface area (Å²) in [4.78, 5) is 89.2. The lowest BCUT2D eigenvalue weighted by molar-refractivity contribution is -0.136. The van der Waals surface area contributed by atoms with E-state index in [0.29, 0.717) is 58.5 Å². The number of carbonyl (C=O) groups excluding carboxylic acids is 4. The van der Waals surface area contributed by atoms with Crippen molar-refractivity contribution in [1.82, 2.24) is 60.3 Å². The van der Waals surface area contributed by atoms with Crippen LogP contribution in [-0.2, 0) is 19.1 Å². The molecule has 0 saturated carbocycles. The fraction of sp³-hybridized carbons (Fsp3) is 0.450. The van der Waals surface area contributed by atoms with Gasteiger partial charge in [-0.3, -0.25) is 14.6 Å². The van der Waals surface area contributed by atoms with Gasteiger partial charge >= 0.3 is 12.2 Å². The lowest BCUT2D eigenvalue weighted by Gasteiger charge is -2.30. The zero-order chi connectivity index (χ0) is 41.1. The summed E-state index contributed by atoms with van der Waals surface area (Å²) in [5, 5.41) is 5.35. The highest BCUT2D eigenvalue weighted by Crippen LogP contribution is 2.34. The Morgan fingerprint density at radius 1 is 0.672 bits per heavy atom. The van der Waals surface area contributed by atoms with E-state index in [1.807, 2.05) is 45.9 Å². The number of nitrogens with one attached hydrogen (secondary N) is 4. The summed E-state index contributed by atoms with van der Waals surface area (Å²) in [5.74, 6) is 1.13. The Bertz CT molecular complexity index is 2290. The van der Waals surface area contributed by atoms with Crippen LogP contribution in [0.4, 0.5) is 9.59 Å². The fourth-order valence-electron chi connectivity index (χ4n) is 7.58. The molecule has 18 nitrogen and oxygen atoms in total. The van der Waals surface area contributed by atoms with Gasteiger partial charge in [-0.2, -0.15) is 0 Å². The first-order chi connectivity index (χ1) is 27.9. The van der Waals surface area contributed by atoms with E-state index in [1.165, 1.54) is 14.2 Å². The number of carbonyl (C=O) groups is 4. The zero-order valence-corrected chi connectivity index (χ0v) is 33.4. The second-order valence-corrected chi connectivity index (χ2v) is 15.2. The van der Waals surface area contributed by atoms with Crippen LogP contribution in [0.15, 0.2) is 49.2 Å². The molecule has 2 saturated heterocycles. The van der Waals surface area contributed by atoms with Crippen LogP contribution in [0.2, 0.25) is 0 Å². The first-order valence-electron chi connectivity index (χ1n) is 19.4. The Morgan fingerprint density at radius 3 is 1.69 bits per heavy atom. The van der Waals surface area contributed by atoms with Crippen molar-refractivity contribution < 1.29 is 28.7 Å². The Balaban J connectivity index is 1.02. The maximum absolute atomic E-state index is 13.6. The first-order valence-corrected chi connectivity index (χ1v) is 19.4. The van der Waals surface area contributed by atoms with Gasteiger partial charge < -0.3 is 39.9 Å². The summed E-state index contributed by atoms with van der Waals surface area (Å²) < 4.78 is 9.49. The quantitative estimate of drug-likeness (QED) is 0.139. The Morgan fingerprint density at radius 2 is 1.19 bits per heavy atom. The van der Waals surface area contributed by atoms with Crippen molar-refractivity contribution in [3.8, 4) is 34.0 Å². The molecule has 0 bridgehead atoms. The summed E-state index contributed by atoms with van der Waals surface area (Å²) in [7, 11) is 2.55. The van der Waals surface area contributed by atoms with Crippen LogP contribution < -0.4 is 10.6 Å². The number of hydrogen-bond acceptors (Lipinski definition) is 12. The normalized spacial score (nSPS) is 17.8. The molecular weight excluding hydrogens is 745 g/mol. The third-order valence-corrected chi connectivity index (χ3v) is 10.7. The van der Waals surface area contributed by atoms with Gasteiger partial charge in [0, 0.05) is 36.6 Å². The van der Waals surface area contributed by atoms with Crippen molar-refractivity contribution in [1.29, 1.82) is 0 Å². The largest absolute Gasteiger partial charge is 0.453 e. The molecule has 58 heavy (non-hydrogen) atoms. The molecule has 1 aromatic carbocycles. The topological polar surface area (TPSA) is 226 Å². The van der Waals surface area contributed by atoms with Gasteiger partial charge in [0.25, 0.3) is 0 Å². The maximum Gasteiger partial charge on any atom is 0.407 e. The molecule has 6 heterocycles.